The van der Waals surface area contributed by atoms with Crippen molar-refractivity contribution in [2.45, 2.75) is 11.4 Å². The molecular formula is C14H13BrFNS. The number of benzene rings is 2. The monoisotopic (exact) mass is 325 g/mol. The second kappa shape index (κ2) is 6.25. The topological polar surface area (TPSA) is 12.0 Å². The Bertz CT molecular complexity index is 528. The second-order valence-corrected chi connectivity index (χ2v) is 5.61. The molecule has 0 spiro atoms. The van der Waals surface area contributed by atoms with Gasteiger partial charge in [-0.15, -0.1) is 11.8 Å². The molecule has 1 N–H and O–H groups in total. The van der Waals surface area contributed by atoms with E-state index in [0.29, 0.717) is 12.1 Å². The van der Waals surface area contributed by atoms with Crippen molar-refractivity contribution in [1.82, 2.24) is 0 Å². The highest BCUT2D eigenvalue weighted by Crippen LogP contribution is 2.20. The summed E-state index contributed by atoms with van der Waals surface area (Å²) in [5, 5.41) is 3.21. The lowest BCUT2D eigenvalue weighted by Gasteiger charge is -2.08. The van der Waals surface area contributed by atoms with Crippen LogP contribution in [0.3, 0.4) is 0 Å². The van der Waals surface area contributed by atoms with Crippen LogP contribution in [0.4, 0.5) is 10.1 Å². The molecule has 0 atom stereocenters. The van der Waals surface area contributed by atoms with Gasteiger partial charge in [0.05, 0.1) is 0 Å². The summed E-state index contributed by atoms with van der Waals surface area (Å²) in [5.74, 6) is -0.188. The van der Waals surface area contributed by atoms with Crippen LogP contribution in [0.25, 0.3) is 0 Å². The fourth-order valence-electron chi connectivity index (χ4n) is 1.58. The van der Waals surface area contributed by atoms with Crippen molar-refractivity contribution in [3.63, 3.8) is 0 Å². The standard InChI is InChI=1S/C14H13BrFNS/c1-18-13-5-3-12(4-6-13)17-9-10-8-11(15)2-7-14(10)16/h2-8,17H,9H2,1H3. The van der Waals surface area contributed by atoms with Crippen LogP contribution in [-0.4, -0.2) is 6.26 Å². The van der Waals surface area contributed by atoms with Crippen molar-refractivity contribution in [3.8, 4) is 0 Å². The number of rotatable bonds is 4. The van der Waals surface area contributed by atoms with Gasteiger partial charge in [-0.05, 0) is 48.7 Å². The highest BCUT2D eigenvalue weighted by atomic mass is 79.9. The van der Waals surface area contributed by atoms with Gasteiger partial charge in [0.25, 0.3) is 0 Å². The van der Waals surface area contributed by atoms with E-state index in [9.17, 15) is 4.39 Å². The van der Waals surface area contributed by atoms with Crippen LogP contribution in [0.2, 0.25) is 0 Å². The molecule has 94 valence electrons. The van der Waals surface area contributed by atoms with Crippen molar-refractivity contribution in [2.75, 3.05) is 11.6 Å². The quantitative estimate of drug-likeness (QED) is 0.800. The minimum Gasteiger partial charge on any atom is -0.381 e. The van der Waals surface area contributed by atoms with E-state index in [1.807, 2.05) is 30.5 Å². The molecule has 2 aromatic carbocycles. The number of halogens is 2. The zero-order chi connectivity index (χ0) is 13.0. The number of nitrogens with one attached hydrogen (secondary N) is 1. The summed E-state index contributed by atoms with van der Waals surface area (Å²) in [7, 11) is 0. The minimum absolute atomic E-state index is 0.188. The Morgan fingerprint density at radius 1 is 1.17 bits per heavy atom. The molecule has 0 aliphatic rings. The first-order chi connectivity index (χ1) is 8.69. The fraction of sp³-hybridized carbons (Fsp3) is 0.143. The van der Waals surface area contributed by atoms with Gasteiger partial charge in [-0.2, -0.15) is 0 Å². The molecule has 1 nitrogen and oxygen atoms in total. The molecule has 0 amide bonds. The lowest BCUT2D eigenvalue weighted by atomic mass is 10.2. The zero-order valence-electron chi connectivity index (χ0n) is 9.91. The van der Waals surface area contributed by atoms with Gasteiger partial charge in [0, 0.05) is 27.2 Å². The molecule has 0 unspecified atom stereocenters. The van der Waals surface area contributed by atoms with Gasteiger partial charge in [-0.25, -0.2) is 4.39 Å². The van der Waals surface area contributed by atoms with E-state index in [1.54, 1.807) is 23.9 Å². The first-order valence-corrected chi connectivity index (χ1v) is 7.52. The highest BCUT2D eigenvalue weighted by Gasteiger charge is 2.02. The summed E-state index contributed by atoms with van der Waals surface area (Å²) in [4.78, 5) is 1.22. The van der Waals surface area contributed by atoms with Crippen LogP contribution < -0.4 is 5.32 Å². The Morgan fingerprint density at radius 3 is 2.56 bits per heavy atom. The molecule has 0 aliphatic carbocycles. The van der Waals surface area contributed by atoms with Gasteiger partial charge in [0.1, 0.15) is 5.82 Å². The van der Waals surface area contributed by atoms with Gasteiger partial charge in [-0.3, -0.25) is 0 Å². The van der Waals surface area contributed by atoms with Gasteiger partial charge in [0.2, 0.25) is 0 Å². The molecule has 0 aliphatic heterocycles. The number of hydrogen-bond donors (Lipinski definition) is 1. The summed E-state index contributed by atoms with van der Waals surface area (Å²) in [6.07, 6.45) is 2.04. The van der Waals surface area contributed by atoms with Crippen molar-refractivity contribution in [3.05, 3.63) is 58.3 Å². The van der Waals surface area contributed by atoms with E-state index in [1.165, 1.54) is 11.0 Å². The summed E-state index contributed by atoms with van der Waals surface area (Å²) in [6, 6.07) is 13.1. The van der Waals surface area contributed by atoms with Crippen LogP contribution in [0.15, 0.2) is 51.8 Å². The molecule has 0 bridgehead atoms. The number of hydrogen-bond acceptors (Lipinski definition) is 2. The normalized spacial score (nSPS) is 10.4. The largest absolute Gasteiger partial charge is 0.381 e. The third-order valence-electron chi connectivity index (χ3n) is 2.58. The van der Waals surface area contributed by atoms with Crippen molar-refractivity contribution in [1.29, 1.82) is 0 Å². The molecule has 0 fully saturated rings. The van der Waals surface area contributed by atoms with E-state index in [2.05, 4.69) is 21.2 Å². The van der Waals surface area contributed by atoms with Gasteiger partial charge in [0.15, 0.2) is 0 Å². The first-order valence-electron chi connectivity index (χ1n) is 5.51. The summed E-state index contributed by atoms with van der Waals surface area (Å²) in [6.45, 7) is 0.476. The molecule has 0 saturated carbocycles. The Morgan fingerprint density at radius 2 is 1.89 bits per heavy atom. The first kappa shape index (κ1) is 13.4. The van der Waals surface area contributed by atoms with E-state index < -0.39 is 0 Å². The van der Waals surface area contributed by atoms with Crippen LogP contribution in [0.5, 0.6) is 0 Å². The Balaban J connectivity index is 2.04. The smallest absolute Gasteiger partial charge is 0.128 e. The third-order valence-corrected chi connectivity index (χ3v) is 3.82. The lowest BCUT2D eigenvalue weighted by molar-refractivity contribution is 0.612. The molecule has 2 aromatic rings. The third kappa shape index (κ3) is 3.50. The van der Waals surface area contributed by atoms with Crippen LogP contribution in [-0.2, 0) is 6.54 Å². The molecule has 0 heterocycles. The molecule has 4 heteroatoms. The molecule has 0 saturated heterocycles. The molecular weight excluding hydrogens is 313 g/mol. The van der Waals surface area contributed by atoms with Crippen LogP contribution in [0.1, 0.15) is 5.56 Å². The predicted molar refractivity (Wildman–Crippen MR) is 79.6 cm³/mol. The highest BCUT2D eigenvalue weighted by molar-refractivity contribution is 9.10. The second-order valence-electron chi connectivity index (χ2n) is 3.82. The van der Waals surface area contributed by atoms with Gasteiger partial charge < -0.3 is 5.32 Å². The SMILES string of the molecule is CSc1ccc(NCc2cc(Br)ccc2F)cc1. The molecule has 0 radical (unpaired) electrons. The van der Waals surface area contributed by atoms with Crippen LogP contribution in [0, 0.1) is 5.82 Å². The van der Waals surface area contributed by atoms with Crippen molar-refractivity contribution in [2.24, 2.45) is 0 Å². The predicted octanol–water partition coefficient (Wildman–Crippen LogP) is 4.92. The summed E-state index contributed by atoms with van der Waals surface area (Å²) in [5.41, 5.74) is 1.64. The van der Waals surface area contributed by atoms with Crippen molar-refractivity contribution >= 4 is 33.4 Å². The van der Waals surface area contributed by atoms with Gasteiger partial charge >= 0.3 is 0 Å². The number of anilines is 1. The fourth-order valence-corrected chi connectivity index (χ4v) is 2.40. The maximum Gasteiger partial charge on any atom is 0.128 e. The average Bonchev–Trinajstić information content (AvgIpc) is 2.40. The van der Waals surface area contributed by atoms with Crippen molar-refractivity contribution < 1.29 is 4.39 Å². The average molecular weight is 326 g/mol. The van der Waals surface area contributed by atoms with E-state index >= 15 is 0 Å². The summed E-state index contributed by atoms with van der Waals surface area (Å²) >= 11 is 5.05. The Hall–Kier alpha value is -1.00. The van der Waals surface area contributed by atoms with E-state index in [0.717, 1.165) is 10.2 Å². The zero-order valence-corrected chi connectivity index (χ0v) is 12.3. The molecule has 0 aromatic heterocycles. The maximum atomic E-state index is 13.5. The molecule has 18 heavy (non-hydrogen) atoms. The van der Waals surface area contributed by atoms with Crippen LogP contribution >= 0.6 is 27.7 Å². The molecule has 2 rings (SSSR count). The summed E-state index contributed by atoms with van der Waals surface area (Å²) < 4.78 is 14.4. The lowest BCUT2D eigenvalue weighted by Crippen LogP contribution is -2.01. The van der Waals surface area contributed by atoms with E-state index in [-0.39, 0.29) is 5.82 Å². The Kier molecular flexibility index (Phi) is 4.66. The number of thioether (sulfide) groups is 1. The van der Waals surface area contributed by atoms with Gasteiger partial charge in [-0.1, -0.05) is 15.9 Å². The Labute approximate surface area is 119 Å². The maximum absolute atomic E-state index is 13.5. The van der Waals surface area contributed by atoms with E-state index in [4.69, 9.17) is 0 Å². The minimum atomic E-state index is -0.188.